The Hall–Kier alpha value is -8.02. The lowest BCUT2D eigenvalue weighted by Gasteiger charge is -2.19. The summed E-state index contributed by atoms with van der Waals surface area (Å²) in [7, 11) is 0. The van der Waals surface area contributed by atoms with Gasteiger partial charge in [0, 0.05) is 49.4 Å². The first-order valence-corrected chi connectivity index (χ1v) is 21.3. The zero-order valence-corrected chi connectivity index (χ0v) is 33.8. The third kappa shape index (κ3) is 5.28. The number of aromatic nitrogens is 1. The van der Waals surface area contributed by atoms with Crippen molar-refractivity contribution in [1.82, 2.24) is 4.57 Å². The first-order chi connectivity index (χ1) is 30.6. The first kappa shape index (κ1) is 34.8. The van der Waals surface area contributed by atoms with Gasteiger partial charge in [0.1, 0.15) is 16.7 Å². The van der Waals surface area contributed by atoms with Crippen LogP contribution >= 0.6 is 0 Å². The van der Waals surface area contributed by atoms with Gasteiger partial charge in [0.15, 0.2) is 11.4 Å². The predicted molar refractivity (Wildman–Crippen MR) is 258 cm³/mol. The maximum Gasteiger partial charge on any atom is 0.160 e. The van der Waals surface area contributed by atoms with Crippen LogP contribution in [0.4, 0.5) is 0 Å². The molecule has 3 aromatic heterocycles. The first-order valence-electron chi connectivity index (χ1n) is 21.3. The van der Waals surface area contributed by atoms with Crippen molar-refractivity contribution in [3.8, 4) is 5.69 Å². The molecule has 0 aliphatic carbocycles. The van der Waals surface area contributed by atoms with E-state index in [4.69, 9.17) is 18.8 Å². The van der Waals surface area contributed by atoms with Crippen LogP contribution in [0.2, 0.25) is 0 Å². The van der Waals surface area contributed by atoms with Crippen molar-refractivity contribution in [2.75, 3.05) is 0 Å². The quantitative estimate of drug-likeness (QED) is 0.178. The van der Waals surface area contributed by atoms with Crippen LogP contribution in [0.1, 0.15) is 30.0 Å². The Kier molecular flexibility index (Phi) is 7.58. The minimum atomic E-state index is 0.120. The van der Waals surface area contributed by atoms with Crippen molar-refractivity contribution >= 4 is 104 Å². The normalized spacial score (nSPS) is 17.4. The van der Waals surface area contributed by atoms with Crippen molar-refractivity contribution < 1.29 is 8.83 Å². The fraction of sp³-hybridized carbons (Fsp3) is 0.0526. The molecule has 0 radical (unpaired) electrons. The van der Waals surface area contributed by atoms with E-state index in [1.54, 1.807) is 0 Å². The van der Waals surface area contributed by atoms with Gasteiger partial charge in [-0.05, 0) is 94.2 Å². The molecule has 0 saturated carbocycles. The van der Waals surface area contributed by atoms with Gasteiger partial charge in [0.25, 0.3) is 0 Å². The molecule has 1 atom stereocenters. The Labute approximate surface area is 356 Å². The lowest BCUT2D eigenvalue weighted by Crippen LogP contribution is -2.17. The van der Waals surface area contributed by atoms with E-state index in [0.29, 0.717) is 5.84 Å². The van der Waals surface area contributed by atoms with E-state index >= 15 is 0 Å². The second-order valence-corrected chi connectivity index (χ2v) is 16.5. The van der Waals surface area contributed by atoms with Crippen LogP contribution in [0.3, 0.4) is 0 Å². The van der Waals surface area contributed by atoms with E-state index in [0.717, 1.165) is 95.1 Å². The Morgan fingerprint density at radius 2 is 1.18 bits per heavy atom. The standard InChI is InChI=1S/C57H37N3O2/c1-34-23-27-46(39-25-30-52-44(32-39)41-19-9-11-21-50(41)61-52)58-57(59-55(34)36-14-3-2-4-15-36)43-26-29-48(56-54(43)42-20-10-12-22-51(42)62-56)60-47-28-24-35-13-7-8-18-40(35)53(47)45-31-37-16-5-6-17-38(37)33-49(45)60/h2-22,24-34H,23H2,1H3/b46-27+,58-57-,59-55+. The Morgan fingerprint density at radius 1 is 0.484 bits per heavy atom. The summed E-state index contributed by atoms with van der Waals surface area (Å²) in [6.45, 7) is 2.26. The number of hydrogen-bond donors (Lipinski definition) is 0. The number of fused-ring (bicyclic) bond motifs is 12. The van der Waals surface area contributed by atoms with Crippen LogP contribution < -0.4 is 0 Å². The molecule has 0 N–H and O–H groups in total. The number of furan rings is 2. The van der Waals surface area contributed by atoms with Crippen molar-refractivity contribution in [2.45, 2.75) is 13.3 Å². The number of rotatable bonds is 4. The fourth-order valence-corrected chi connectivity index (χ4v) is 9.86. The second kappa shape index (κ2) is 13.5. The SMILES string of the molecule is CC1C/C=C(c2ccc3oc4ccccc4c3c2)/N=C(c2ccc(-n3c4cc5ccccc5cc4c4c5ccccc5ccc43)c3oc4ccccc4c23)\N=C/1c1ccccc1. The molecule has 12 aromatic rings. The van der Waals surface area contributed by atoms with Gasteiger partial charge >= 0.3 is 0 Å². The molecule has 1 aliphatic rings. The molecule has 0 amide bonds. The molecule has 4 heterocycles. The average molecular weight is 796 g/mol. The van der Waals surface area contributed by atoms with Gasteiger partial charge in [-0.15, -0.1) is 0 Å². The molecule has 0 fully saturated rings. The number of hydrogen-bond acceptors (Lipinski definition) is 4. The molecule has 0 saturated heterocycles. The van der Waals surface area contributed by atoms with Crippen LogP contribution in [-0.4, -0.2) is 16.1 Å². The van der Waals surface area contributed by atoms with Gasteiger partial charge < -0.3 is 13.4 Å². The predicted octanol–water partition coefficient (Wildman–Crippen LogP) is 15.2. The highest BCUT2D eigenvalue weighted by Crippen LogP contribution is 2.43. The lowest BCUT2D eigenvalue weighted by molar-refractivity contribution is 0.666. The highest BCUT2D eigenvalue weighted by Gasteiger charge is 2.25. The fourth-order valence-electron chi connectivity index (χ4n) is 9.86. The maximum atomic E-state index is 7.04. The second-order valence-electron chi connectivity index (χ2n) is 16.5. The molecule has 5 nitrogen and oxygen atoms in total. The minimum absolute atomic E-state index is 0.120. The molecule has 292 valence electrons. The highest BCUT2D eigenvalue weighted by atomic mass is 16.3. The van der Waals surface area contributed by atoms with E-state index in [2.05, 4.69) is 181 Å². The molecular formula is C57H37N3O2. The Bertz CT molecular complexity index is 3910. The van der Waals surface area contributed by atoms with Crippen LogP contribution in [0.5, 0.6) is 0 Å². The van der Waals surface area contributed by atoms with E-state index in [9.17, 15) is 0 Å². The number of aliphatic imine (C=N–C) groups is 2. The number of amidine groups is 1. The molecule has 0 spiro atoms. The van der Waals surface area contributed by atoms with Gasteiger partial charge in [-0.1, -0.05) is 134 Å². The third-order valence-corrected chi connectivity index (χ3v) is 12.8. The molecule has 0 bridgehead atoms. The summed E-state index contributed by atoms with van der Waals surface area (Å²) in [5, 5.41) is 11.4. The molecule has 1 unspecified atom stereocenters. The molecule has 5 heteroatoms. The van der Waals surface area contributed by atoms with Gasteiger partial charge in [0.2, 0.25) is 0 Å². The van der Waals surface area contributed by atoms with Gasteiger partial charge in [-0.3, -0.25) is 0 Å². The number of para-hydroxylation sites is 2. The lowest BCUT2D eigenvalue weighted by atomic mass is 9.93. The van der Waals surface area contributed by atoms with E-state index in [1.165, 1.54) is 32.3 Å². The molecule has 13 rings (SSSR count). The summed E-state index contributed by atoms with van der Waals surface area (Å²) in [6, 6.07) is 64.4. The topological polar surface area (TPSA) is 55.9 Å². The average Bonchev–Trinajstić information content (AvgIpc) is 3.99. The van der Waals surface area contributed by atoms with Crippen LogP contribution in [-0.2, 0) is 0 Å². The smallest absolute Gasteiger partial charge is 0.160 e. The van der Waals surface area contributed by atoms with Gasteiger partial charge in [-0.25, -0.2) is 9.98 Å². The van der Waals surface area contributed by atoms with Crippen LogP contribution in [0, 0.1) is 5.92 Å². The van der Waals surface area contributed by atoms with Crippen molar-refractivity contribution in [3.63, 3.8) is 0 Å². The van der Waals surface area contributed by atoms with Crippen molar-refractivity contribution in [2.24, 2.45) is 15.9 Å². The molecular weight excluding hydrogens is 759 g/mol. The van der Waals surface area contributed by atoms with E-state index in [-0.39, 0.29) is 5.92 Å². The summed E-state index contributed by atoms with van der Waals surface area (Å²) in [5.74, 6) is 0.760. The minimum Gasteiger partial charge on any atom is -0.456 e. The van der Waals surface area contributed by atoms with E-state index in [1.807, 2.05) is 18.2 Å². The van der Waals surface area contributed by atoms with Crippen molar-refractivity contribution in [3.05, 3.63) is 205 Å². The number of benzene rings is 9. The Morgan fingerprint density at radius 3 is 2.02 bits per heavy atom. The zero-order chi connectivity index (χ0) is 40.9. The summed E-state index contributed by atoms with van der Waals surface area (Å²) >= 11 is 0. The summed E-state index contributed by atoms with van der Waals surface area (Å²) in [5.41, 5.74) is 11.4. The molecule has 9 aromatic carbocycles. The van der Waals surface area contributed by atoms with Crippen molar-refractivity contribution in [1.29, 1.82) is 0 Å². The van der Waals surface area contributed by atoms with E-state index < -0.39 is 0 Å². The monoisotopic (exact) mass is 795 g/mol. The van der Waals surface area contributed by atoms with Crippen LogP contribution in [0.15, 0.2) is 207 Å². The van der Waals surface area contributed by atoms with Crippen LogP contribution in [0.25, 0.3) is 98.6 Å². The van der Waals surface area contributed by atoms with Gasteiger partial charge in [0.05, 0.1) is 28.1 Å². The number of nitrogens with zero attached hydrogens (tertiary/aromatic N) is 3. The molecule has 62 heavy (non-hydrogen) atoms. The summed E-state index contributed by atoms with van der Waals surface area (Å²) in [4.78, 5) is 11.2. The largest absolute Gasteiger partial charge is 0.456 e. The third-order valence-electron chi connectivity index (χ3n) is 12.8. The summed E-state index contributed by atoms with van der Waals surface area (Å²) in [6.07, 6.45) is 3.06. The number of allylic oxidation sites excluding steroid dienone is 1. The van der Waals surface area contributed by atoms with Gasteiger partial charge in [-0.2, -0.15) is 0 Å². The maximum absolute atomic E-state index is 7.04. The molecule has 1 aliphatic heterocycles. The Balaban J connectivity index is 1.10. The summed E-state index contributed by atoms with van der Waals surface area (Å²) < 4.78 is 15.7. The zero-order valence-electron chi connectivity index (χ0n) is 33.8. The highest BCUT2D eigenvalue weighted by molar-refractivity contribution is 6.26.